The molecule has 2 aromatic rings. The molecule has 0 unspecified atom stereocenters. The summed E-state index contributed by atoms with van der Waals surface area (Å²) in [5.41, 5.74) is -0.414. The number of fused-ring (bicyclic) bond motifs is 1. The molecule has 1 fully saturated rings. The highest BCUT2D eigenvalue weighted by Gasteiger charge is 2.42. The predicted molar refractivity (Wildman–Crippen MR) is 77.9 cm³/mol. The standard InChI is InChI=1S/C15H15ClN2O2/c1-2-15(20)8-18(9-15)14(19)12-7-10-5-3-4-6-11(10)13(16)17-12/h3-7,20H,2,8-9H2,1H3. The summed E-state index contributed by atoms with van der Waals surface area (Å²) in [5, 5.41) is 12.0. The number of amides is 1. The Hall–Kier alpha value is -1.65. The topological polar surface area (TPSA) is 53.4 Å². The van der Waals surface area contributed by atoms with E-state index in [2.05, 4.69) is 4.98 Å². The van der Waals surface area contributed by atoms with E-state index in [1.54, 1.807) is 11.0 Å². The van der Waals surface area contributed by atoms with Gasteiger partial charge in [0.15, 0.2) is 0 Å². The van der Waals surface area contributed by atoms with Crippen LogP contribution in [0.15, 0.2) is 30.3 Å². The van der Waals surface area contributed by atoms with Crippen molar-refractivity contribution in [2.75, 3.05) is 13.1 Å². The Labute approximate surface area is 122 Å². The molecule has 1 aromatic heterocycles. The van der Waals surface area contributed by atoms with Gasteiger partial charge in [0.25, 0.3) is 5.91 Å². The van der Waals surface area contributed by atoms with E-state index >= 15 is 0 Å². The zero-order chi connectivity index (χ0) is 14.3. The van der Waals surface area contributed by atoms with Crippen molar-refractivity contribution in [2.24, 2.45) is 0 Å². The van der Waals surface area contributed by atoms with E-state index in [0.29, 0.717) is 30.4 Å². The average Bonchev–Trinajstić information content (AvgIpc) is 2.43. The molecule has 1 amide bonds. The number of carbonyl (C=O) groups is 1. The van der Waals surface area contributed by atoms with Crippen molar-refractivity contribution in [3.63, 3.8) is 0 Å². The number of carbonyl (C=O) groups excluding carboxylic acids is 1. The number of β-amino-alcohol motifs (C(OH)–C–C–N with tert-alkyl or cyclic N) is 1. The van der Waals surface area contributed by atoms with E-state index < -0.39 is 5.60 Å². The maximum atomic E-state index is 12.3. The van der Waals surface area contributed by atoms with Crippen molar-refractivity contribution >= 4 is 28.3 Å². The van der Waals surface area contributed by atoms with Gasteiger partial charge >= 0.3 is 0 Å². The van der Waals surface area contributed by atoms with Crippen molar-refractivity contribution in [2.45, 2.75) is 18.9 Å². The molecule has 1 aliphatic heterocycles. The van der Waals surface area contributed by atoms with Gasteiger partial charge in [-0.05, 0) is 17.9 Å². The summed E-state index contributed by atoms with van der Waals surface area (Å²) >= 11 is 6.12. The van der Waals surface area contributed by atoms with E-state index in [1.807, 2.05) is 31.2 Å². The van der Waals surface area contributed by atoms with Crippen molar-refractivity contribution in [3.8, 4) is 0 Å². The second kappa shape index (κ2) is 4.72. The number of nitrogens with zero attached hydrogens (tertiary/aromatic N) is 2. The molecule has 3 rings (SSSR count). The molecule has 20 heavy (non-hydrogen) atoms. The van der Waals surface area contributed by atoms with Crippen LogP contribution in [0, 0.1) is 0 Å². The molecule has 5 heteroatoms. The van der Waals surface area contributed by atoms with Gasteiger partial charge in [-0.25, -0.2) is 4.98 Å². The number of halogens is 1. The van der Waals surface area contributed by atoms with Crippen LogP contribution in [0.4, 0.5) is 0 Å². The van der Waals surface area contributed by atoms with Gasteiger partial charge in [-0.2, -0.15) is 0 Å². The molecule has 0 spiro atoms. The number of hydrogen-bond donors (Lipinski definition) is 1. The summed E-state index contributed by atoms with van der Waals surface area (Å²) in [6.45, 7) is 2.62. The first-order valence-electron chi connectivity index (χ1n) is 6.59. The molecule has 1 aliphatic rings. The molecular weight excluding hydrogens is 276 g/mol. The van der Waals surface area contributed by atoms with Crippen LogP contribution in [0.3, 0.4) is 0 Å². The molecule has 0 saturated carbocycles. The Morgan fingerprint density at radius 1 is 1.45 bits per heavy atom. The molecule has 1 N–H and O–H groups in total. The minimum atomic E-state index is -0.740. The number of aromatic nitrogens is 1. The monoisotopic (exact) mass is 290 g/mol. The molecule has 4 nitrogen and oxygen atoms in total. The molecule has 0 aliphatic carbocycles. The Kier molecular flexibility index (Phi) is 3.15. The fourth-order valence-corrected chi connectivity index (χ4v) is 2.72. The highest BCUT2D eigenvalue weighted by atomic mass is 35.5. The van der Waals surface area contributed by atoms with Crippen molar-refractivity contribution in [1.82, 2.24) is 9.88 Å². The van der Waals surface area contributed by atoms with Crippen molar-refractivity contribution < 1.29 is 9.90 Å². The lowest BCUT2D eigenvalue weighted by molar-refractivity contribution is -0.0828. The van der Waals surface area contributed by atoms with Gasteiger partial charge in [0.2, 0.25) is 0 Å². The fraction of sp³-hybridized carbons (Fsp3) is 0.333. The van der Waals surface area contributed by atoms with E-state index in [0.717, 1.165) is 10.8 Å². The van der Waals surface area contributed by atoms with Gasteiger partial charge in [-0.3, -0.25) is 4.79 Å². The van der Waals surface area contributed by atoms with Crippen LogP contribution in [-0.4, -0.2) is 39.6 Å². The number of benzene rings is 1. The summed E-state index contributed by atoms with van der Waals surface area (Å²) in [4.78, 5) is 18.1. The van der Waals surface area contributed by atoms with Gasteiger partial charge in [0.1, 0.15) is 10.8 Å². The Morgan fingerprint density at radius 3 is 2.85 bits per heavy atom. The molecule has 2 heterocycles. The Morgan fingerprint density at radius 2 is 2.15 bits per heavy atom. The van der Waals surface area contributed by atoms with E-state index in [1.165, 1.54) is 0 Å². The molecular formula is C15H15ClN2O2. The van der Waals surface area contributed by atoms with Gasteiger partial charge in [-0.15, -0.1) is 0 Å². The third-order valence-electron chi connectivity index (χ3n) is 3.83. The van der Waals surface area contributed by atoms with Crippen LogP contribution in [-0.2, 0) is 0 Å². The fourth-order valence-electron chi connectivity index (χ4n) is 2.46. The molecule has 1 saturated heterocycles. The zero-order valence-corrected chi connectivity index (χ0v) is 11.9. The maximum Gasteiger partial charge on any atom is 0.272 e. The van der Waals surface area contributed by atoms with E-state index in [9.17, 15) is 9.90 Å². The van der Waals surface area contributed by atoms with Crippen molar-refractivity contribution in [3.05, 3.63) is 41.2 Å². The Bertz CT molecular complexity index is 681. The first-order valence-corrected chi connectivity index (χ1v) is 6.97. The average molecular weight is 291 g/mol. The van der Waals surface area contributed by atoms with Gasteiger partial charge < -0.3 is 10.0 Å². The molecule has 104 valence electrons. The summed E-state index contributed by atoms with van der Waals surface area (Å²) in [7, 11) is 0. The molecule has 1 aromatic carbocycles. The highest BCUT2D eigenvalue weighted by molar-refractivity contribution is 6.34. The largest absolute Gasteiger partial charge is 0.386 e. The van der Waals surface area contributed by atoms with Crippen LogP contribution in [0.25, 0.3) is 10.8 Å². The maximum absolute atomic E-state index is 12.3. The second-order valence-electron chi connectivity index (χ2n) is 5.26. The Balaban J connectivity index is 1.90. The summed E-state index contributed by atoms with van der Waals surface area (Å²) < 4.78 is 0. The number of likely N-dealkylation sites (tertiary alicyclic amines) is 1. The van der Waals surface area contributed by atoms with Crippen LogP contribution < -0.4 is 0 Å². The van der Waals surface area contributed by atoms with Gasteiger partial charge in [0, 0.05) is 5.39 Å². The highest BCUT2D eigenvalue weighted by Crippen LogP contribution is 2.27. The van der Waals surface area contributed by atoms with Crippen LogP contribution in [0.1, 0.15) is 23.8 Å². The molecule has 0 bridgehead atoms. The first kappa shape index (κ1) is 13.3. The number of rotatable bonds is 2. The van der Waals surface area contributed by atoms with Gasteiger partial charge in [0.05, 0.1) is 18.7 Å². The van der Waals surface area contributed by atoms with Crippen LogP contribution in [0.5, 0.6) is 0 Å². The first-order chi connectivity index (χ1) is 9.52. The number of pyridine rings is 1. The lowest BCUT2D eigenvalue weighted by Crippen LogP contribution is -2.63. The minimum Gasteiger partial charge on any atom is -0.386 e. The third kappa shape index (κ3) is 2.15. The molecule has 0 atom stereocenters. The number of aliphatic hydroxyl groups is 1. The van der Waals surface area contributed by atoms with E-state index in [-0.39, 0.29) is 5.91 Å². The predicted octanol–water partition coefficient (Wildman–Crippen LogP) is 2.49. The SMILES string of the molecule is CCC1(O)CN(C(=O)c2cc3ccccc3c(Cl)n2)C1. The third-order valence-corrected chi connectivity index (χ3v) is 4.12. The normalized spacial score (nSPS) is 17.1. The quantitative estimate of drug-likeness (QED) is 0.865. The second-order valence-corrected chi connectivity index (χ2v) is 5.62. The zero-order valence-electron chi connectivity index (χ0n) is 11.1. The lowest BCUT2D eigenvalue weighted by Gasteiger charge is -2.45. The number of hydrogen-bond acceptors (Lipinski definition) is 3. The summed E-state index contributed by atoms with van der Waals surface area (Å²) in [6.07, 6.45) is 0.642. The molecule has 0 radical (unpaired) electrons. The summed E-state index contributed by atoms with van der Waals surface area (Å²) in [5.74, 6) is -0.184. The van der Waals surface area contributed by atoms with Crippen LogP contribution >= 0.6 is 11.6 Å². The van der Waals surface area contributed by atoms with Gasteiger partial charge in [-0.1, -0.05) is 42.8 Å². The minimum absolute atomic E-state index is 0.184. The smallest absolute Gasteiger partial charge is 0.272 e. The van der Waals surface area contributed by atoms with Crippen LogP contribution in [0.2, 0.25) is 5.15 Å². The summed E-state index contributed by atoms with van der Waals surface area (Å²) in [6, 6.07) is 9.30. The lowest BCUT2D eigenvalue weighted by atomic mass is 9.91. The van der Waals surface area contributed by atoms with Crippen molar-refractivity contribution in [1.29, 1.82) is 0 Å². The van der Waals surface area contributed by atoms with E-state index in [4.69, 9.17) is 11.6 Å².